The van der Waals surface area contributed by atoms with E-state index in [-0.39, 0.29) is 30.0 Å². The van der Waals surface area contributed by atoms with Crippen LogP contribution in [-0.2, 0) is 14.1 Å². The van der Waals surface area contributed by atoms with Crippen molar-refractivity contribution in [1.82, 2.24) is 14.5 Å². The van der Waals surface area contributed by atoms with Gasteiger partial charge in [-0.2, -0.15) is 5.26 Å². The Bertz CT molecular complexity index is 1020. The Morgan fingerprint density at radius 2 is 1.92 bits per heavy atom. The molecule has 0 fully saturated rings. The zero-order valence-corrected chi connectivity index (χ0v) is 14.6. The molecule has 0 saturated carbocycles. The summed E-state index contributed by atoms with van der Waals surface area (Å²) < 4.78 is 15.5. The van der Waals surface area contributed by atoms with E-state index in [1.807, 2.05) is 0 Å². The van der Waals surface area contributed by atoms with E-state index in [1.165, 1.54) is 26.2 Å². The number of aromatic nitrogens is 2. The van der Waals surface area contributed by atoms with Gasteiger partial charge in [-0.15, -0.1) is 0 Å². The number of nitrogens with zero attached hydrogens (tertiary/aromatic N) is 3. The van der Waals surface area contributed by atoms with E-state index in [2.05, 4.69) is 10.6 Å². The molecule has 1 aromatic carbocycles. The third-order valence-electron chi connectivity index (χ3n) is 3.91. The van der Waals surface area contributed by atoms with Gasteiger partial charge in [-0.1, -0.05) is 6.07 Å². The molecule has 0 unspecified atom stereocenters. The van der Waals surface area contributed by atoms with Gasteiger partial charge in [0.1, 0.15) is 17.7 Å². The number of amides is 1. The van der Waals surface area contributed by atoms with Gasteiger partial charge in [-0.05, 0) is 24.6 Å². The fourth-order valence-electron chi connectivity index (χ4n) is 2.35. The SMILES string of the molecule is Cc1ccc(C(=O)NCCNc2c(C#N)c(=O)n(C)c(=O)n2C)cc1F. The van der Waals surface area contributed by atoms with Crippen LogP contribution in [0.5, 0.6) is 0 Å². The van der Waals surface area contributed by atoms with Crippen LogP contribution in [0.25, 0.3) is 0 Å². The Morgan fingerprint density at radius 1 is 1.23 bits per heavy atom. The van der Waals surface area contributed by atoms with Crippen LogP contribution in [0.4, 0.5) is 10.2 Å². The molecule has 0 spiro atoms. The van der Waals surface area contributed by atoms with E-state index in [0.29, 0.717) is 5.56 Å². The number of benzene rings is 1. The lowest BCUT2D eigenvalue weighted by molar-refractivity contribution is 0.0954. The van der Waals surface area contributed by atoms with Crippen LogP contribution in [0, 0.1) is 24.1 Å². The van der Waals surface area contributed by atoms with Crippen molar-refractivity contribution in [3.8, 4) is 6.07 Å². The molecule has 0 radical (unpaired) electrons. The normalized spacial score (nSPS) is 10.3. The van der Waals surface area contributed by atoms with Crippen LogP contribution < -0.4 is 21.9 Å². The summed E-state index contributed by atoms with van der Waals surface area (Å²) in [6.07, 6.45) is 0. The molecule has 1 aromatic heterocycles. The predicted octanol–water partition coefficient (Wildman–Crippen LogP) is 0.245. The Balaban J connectivity index is 2.06. The Kier molecular flexibility index (Phi) is 5.57. The van der Waals surface area contributed by atoms with Gasteiger partial charge in [0.25, 0.3) is 11.5 Å². The van der Waals surface area contributed by atoms with Crippen molar-refractivity contribution in [3.05, 3.63) is 61.5 Å². The quantitative estimate of drug-likeness (QED) is 0.744. The van der Waals surface area contributed by atoms with Crippen LogP contribution in [-0.4, -0.2) is 28.1 Å². The number of rotatable bonds is 5. The Hall–Kier alpha value is -3.41. The lowest BCUT2D eigenvalue weighted by Crippen LogP contribution is -2.40. The zero-order valence-electron chi connectivity index (χ0n) is 14.6. The van der Waals surface area contributed by atoms with Crippen molar-refractivity contribution in [3.63, 3.8) is 0 Å². The van der Waals surface area contributed by atoms with Gasteiger partial charge in [0, 0.05) is 32.7 Å². The van der Waals surface area contributed by atoms with Crippen molar-refractivity contribution in [2.75, 3.05) is 18.4 Å². The Labute approximate surface area is 148 Å². The summed E-state index contributed by atoms with van der Waals surface area (Å²) in [4.78, 5) is 35.9. The lowest BCUT2D eigenvalue weighted by atomic mass is 10.1. The second kappa shape index (κ2) is 7.65. The first-order valence-electron chi connectivity index (χ1n) is 7.76. The average Bonchev–Trinajstić information content (AvgIpc) is 2.63. The van der Waals surface area contributed by atoms with Gasteiger partial charge < -0.3 is 10.6 Å². The highest BCUT2D eigenvalue weighted by Crippen LogP contribution is 2.09. The third-order valence-corrected chi connectivity index (χ3v) is 3.91. The second-order valence-electron chi connectivity index (χ2n) is 5.69. The first-order chi connectivity index (χ1) is 12.3. The summed E-state index contributed by atoms with van der Waals surface area (Å²) in [6, 6.07) is 5.95. The molecular formula is C17H18FN5O3. The maximum absolute atomic E-state index is 13.5. The highest BCUT2D eigenvalue weighted by molar-refractivity contribution is 5.94. The van der Waals surface area contributed by atoms with Gasteiger partial charge in [0.05, 0.1) is 0 Å². The molecule has 0 atom stereocenters. The Morgan fingerprint density at radius 3 is 2.54 bits per heavy atom. The molecule has 136 valence electrons. The number of carbonyl (C=O) groups is 1. The molecule has 0 bridgehead atoms. The molecule has 0 aliphatic carbocycles. The predicted molar refractivity (Wildman–Crippen MR) is 93.6 cm³/mol. The molecule has 1 amide bonds. The molecular weight excluding hydrogens is 341 g/mol. The first kappa shape index (κ1) is 18.9. The highest BCUT2D eigenvalue weighted by atomic mass is 19.1. The highest BCUT2D eigenvalue weighted by Gasteiger charge is 2.15. The van der Waals surface area contributed by atoms with Crippen LogP contribution in [0.3, 0.4) is 0 Å². The van der Waals surface area contributed by atoms with Gasteiger partial charge in [-0.25, -0.2) is 9.18 Å². The molecule has 8 nitrogen and oxygen atoms in total. The van der Waals surface area contributed by atoms with Crippen LogP contribution >= 0.6 is 0 Å². The average molecular weight is 359 g/mol. The number of nitrogens with one attached hydrogen (secondary N) is 2. The maximum atomic E-state index is 13.5. The van der Waals surface area contributed by atoms with Crippen molar-refractivity contribution in [2.45, 2.75) is 6.92 Å². The maximum Gasteiger partial charge on any atom is 0.332 e. The number of carbonyl (C=O) groups excluding carboxylic acids is 1. The largest absolute Gasteiger partial charge is 0.368 e. The minimum atomic E-state index is -0.697. The third kappa shape index (κ3) is 3.64. The molecule has 2 rings (SSSR count). The van der Waals surface area contributed by atoms with Crippen LogP contribution in [0.2, 0.25) is 0 Å². The minimum absolute atomic E-state index is 0.0798. The number of nitriles is 1. The molecule has 9 heteroatoms. The van der Waals surface area contributed by atoms with Crippen molar-refractivity contribution < 1.29 is 9.18 Å². The number of hydrogen-bond donors (Lipinski definition) is 2. The molecule has 0 aliphatic rings. The molecule has 0 saturated heterocycles. The molecule has 0 aliphatic heterocycles. The summed E-state index contributed by atoms with van der Waals surface area (Å²) >= 11 is 0. The van der Waals surface area contributed by atoms with E-state index >= 15 is 0 Å². The smallest absolute Gasteiger partial charge is 0.332 e. The minimum Gasteiger partial charge on any atom is -0.368 e. The molecule has 2 N–H and O–H groups in total. The van der Waals surface area contributed by atoms with Gasteiger partial charge in [0.15, 0.2) is 5.56 Å². The number of anilines is 1. The second-order valence-corrected chi connectivity index (χ2v) is 5.69. The summed E-state index contributed by atoms with van der Waals surface area (Å²) in [5.74, 6) is -0.843. The van der Waals surface area contributed by atoms with E-state index in [1.54, 1.807) is 13.0 Å². The number of aryl methyl sites for hydroxylation is 1. The number of halogens is 1. The standard InChI is InChI=1S/C17H18FN5O3/c1-10-4-5-11(8-13(10)18)15(24)21-7-6-20-14-12(9-19)16(25)23(3)17(26)22(14)2/h4-5,8,20H,6-7H2,1-3H3,(H,21,24). The van der Waals surface area contributed by atoms with E-state index < -0.39 is 23.0 Å². The van der Waals surface area contributed by atoms with Crippen molar-refractivity contribution in [2.24, 2.45) is 14.1 Å². The van der Waals surface area contributed by atoms with E-state index in [4.69, 9.17) is 5.26 Å². The van der Waals surface area contributed by atoms with E-state index in [0.717, 1.165) is 15.2 Å². The zero-order chi connectivity index (χ0) is 19.4. The summed E-state index contributed by atoms with van der Waals surface area (Å²) in [5.41, 5.74) is -0.833. The van der Waals surface area contributed by atoms with Gasteiger partial charge >= 0.3 is 5.69 Å². The fourth-order valence-corrected chi connectivity index (χ4v) is 2.35. The first-order valence-corrected chi connectivity index (χ1v) is 7.76. The van der Waals surface area contributed by atoms with E-state index in [9.17, 15) is 18.8 Å². The van der Waals surface area contributed by atoms with Crippen LogP contribution in [0.15, 0.2) is 27.8 Å². The monoisotopic (exact) mass is 359 g/mol. The lowest BCUT2D eigenvalue weighted by Gasteiger charge is -2.14. The van der Waals surface area contributed by atoms with Crippen molar-refractivity contribution in [1.29, 1.82) is 5.26 Å². The fraction of sp³-hybridized carbons (Fsp3) is 0.294. The van der Waals surface area contributed by atoms with Gasteiger partial charge in [0.2, 0.25) is 0 Å². The molecule has 26 heavy (non-hydrogen) atoms. The molecule has 2 aromatic rings. The van der Waals surface area contributed by atoms with Crippen LogP contribution in [0.1, 0.15) is 21.5 Å². The molecule has 1 heterocycles. The summed E-state index contributed by atoms with van der Waals surface area (Å²) in [5, 5.41) is 14.6. The summed E-state index contributed by atoms with van der Waals surface area (Å²) in [6.45, 7) is 1.90. The summed E-state index contributed by atoms with van der Waals surface area (Å²) in [7, 11) is 2.72. The van der Waals surface area contributed by atoms with Crippen molar-refractivity contribution >= 4 is 11.7 Å². The topological polar surface area (TPSA) is 109 Å². The number of hydrogen-bond acceptors (Lipinski definition) is 5. The van der Waals surface area contributed by atoms with Gasteiger partial charge in [-0.3, -0.25) is 18.7 Å².